The quantitative estimate of drug-likeness (QED) is 0.307. The summed E-state index contributed by atoms with van der Waals surface area (Å²) in [6.07, 6.45) is 7.23. The number of fused-ring (bicyclic) bond motifs is 1. The highest BCUT2D eigenvalue weighted by Gasteiger charge is 2.20. The maximum atomic E-state index is 13.4. The molecule has 0 atom stereocenters. The summed E-state index contributed by atoms with van der Waals surface area (Å²) in [5, 5.41) is 3.57. The Morgan fingerprint density at radius 3 is 2.71 bits per heavy atom. The van der Waals surface area contributed by atoms with Crippen LogP contribution >= 0.6 is 0 Å². The Bertz CT molecular complexity index is 1170. The predicted molar refractivity (Wildman–Crippen MR) is 140 cm³/mol. The normalized spacial score (nSPS) is 12.9. The van der Waals surface area contributed by atoms with Crippen LogP contribution in [0.1, 0.15) is 55.5 Å². The van der Waals surface area contributed by atoms with Gasteiger partial charge in [-0.2, -0.15) is 0 Å². The van der Waals surface area contributed by atoms with Crippen molar-refractivity contribution < 1.29 is 13.9 Å². The number of hydrogen-bond acceptors (Lipinski definition) is 4. The first-order valence-corrected chi connectivity index (χ1v) is 12.6. The van der Waals surface area contributed by atoms with Crippen molar-refractivity contribution in [1.29, 1.82) is 0 Å². The third-order valence-electron chi connectivity index (χ3n) is 6.32. The van der Waals surface area contributed by atoms with E-state index in [9.17, 15) is 4.39 Å². The van der Waals surface area contributed by atoms with Gasteiger partial charge in [0.15, 0.2) is 0 Å². The number of benzene rings is 2. The molecule has 2 aromatic carbocycles. The first kappa shape index (κ1) is 24.8. The lowest BCUT2D eigenvalue weighted by atomic mass is 10.0. The highest BCUT2D eigenvalue weighted by atomic mass is 19.1. The molecule has 0 saturated carbocycles. The van der Waals surface area contributed by atoms with Gasteiger partial charge in [-0.15, -0.1) is 0 Å². The van der Waals surface area contributed by atoms with Gasteiger partial charge < -0.3 is 14.8 Å². The van der Waals surface area contributed by atoms with Crippen LogP contribution in [0.4, 0.5) is 4.39 Å². The summed E-state index contributed by atoms with van der Waals surface area (Å²) in [6.45, 7) is 8.52. The predicted octanol–water partition coefficient (Wildman–Crippen LogP) is 6.89. The monoisotopic (exact) mass is 474 g/mol. The molecule has 0 spiro atoms. The number of rotatable bonds is 11. The first-order chi connectivity index (χ1) is 17.1. The van der Waals surface area contributed by atoms with Gasteiger partial charge in [0.25, 0.3) is 0 Å². The average molecular weight is 475 g/mol. The van der Waals surface area contributed by atoms with E-state index < -0.39 is 0 Å². The van der Waals surface area contributed by atoms with Gasteiger partial charge >= 0.3 is 0 Å². The number of aromatic nitrogens is 1. The molecule has 1 aliphatic rings. The fraction of sp³-hybridized carbons (Fsp3) is 0.367. The summed E-state index contributed by atoms with van der Waals surface area (Å²) in [4.78, 5) is 4.88. The van der Waals surface area contributed by atoms with Crippen molar-refractivity contribution in [3.05, 3.63) is 82.8 Å². The molecular weight excluding hydrogens is 439 g/mol. The maximum Gasteiger partial charge on any atom is 0.148 e. The molecule has 2 heterocycles. The van der Waals surface area contributed by atoms with E-state index in [4.69, 9.17) is 14.5 Å². The second-order valence-corrected chi connectivity index (χ2v) is 8.97. The number of pyridine rings is 1. The van der Waals surface area contributed by atoms with Gasteiger partial charge in [0.2, 0.25) is 0 Å². The molecular formula is C30H35FN2O2. The van der Waals surface area contributed by atoms with Crippen LogP contribution in [0.2, 0.25) is 0 Å². The van der Waals surface area contributed by atoms with Crippen LogP contribution in [-0.2, 0) is 12.8 Å². The minimum absolute atomic E-state index is 0.253. The molecule has 1 aliphatic heterocycles. The number of aryl methyl sites for hydroxylation is 1. The van der Waals surface area contributed by atoms with E-state index in [1.165, 1.54) is 30.5 Å². The van der Waals surface area contributed by atoms with Crippen LogP contribution in [0.15, 0.2) is 54.6 Å². The molecule has 0 saturated heterocycles. The molecule has 0 aliphatic carbocycles. The van der Waals surface area contributed by atoms with E-state index in [0.29, 0.717) is 6.61 Å². The third kappa shape index (κ3) is 6.21. The van der Waals surface area contributed by atoms with Crippen LogP contribution in [0.3, 0.4) is 0 Å². The third-order valence-corrected chi connectivity index (χ3v) is 6.32. The smallest absolute Gasteiger partial charge is 0.148 e. The minimum Gasteiger partial charge on any atom is -0.493 e. The van der Waals surface area contributed by atoms with Gasteiger partial charge in [-0.3, -0.25) is 0 Å². The number of allylic oxidation sites excluding steroid dienone is 1. The topological polar surface area (TPSA) is 43.4 Å². The zero-order valence-electron chi connectivity index (χ0n) is 21.0. The van der Waals surface area contributed by atoms with Gasteiger partial charge in [0.1, 0.15) is 23.0 Å². The Morgan fingerprint density at radius 2 is 1.97 bits per heavy atom. The molecule has 0 fully saturated rings. The molecule has 1 aromatic heterocycles. The Kier molecular flexibility index (Phi) is 8.40. The van der Waals surface area contributed by atoms with E-state index in [1.807, 2.05) is 6.92 Å². The zero-order valence-corrected chi connectivity index (χ0v) is 21.0. The lowest BCUT2D eigenvalue weighted by Crippen LogP contribution is -2.16. The van der Waals surface area contributed by atoms with Crippen molar-refractivity contribution in [1.82, 2.24) is 10.3 Å². The van der Waals surface area contributed by atoms with Crippen LogP contribution in [-0.4, -0.2) is 24.7 Å². The Hall–Kier alpha value is -3.34. The molecule has 5 heteroatoms. The molecule has 4 rings (SSSR count). The molecule has 0 radical (unpaired) electrons. The number of nitrogens with one attached hydrogen (secondary N) is 1. The summed E-state index contributed by atoms with van der Waals surface area (Å²) >= 11 is 0. The van der Waals surface area contributed by atoms with Crippen molar-refractivity contribution in [3.8, 4) is 22.8 Å². The lowest BCUT2D eigenvalue weighted by molar-refractivity contribution is 0.304. The van der Waals surface area contributed by atoms with Gasteiger partial charge in [-0.25, -0.2) is 9.37 Å². The van der Waals surface area contributed by atoms with Crippen molar-refractivity contribution in [2.45, 2.75) is 52.9 Å². The Labute approximate surface area is 208 Å². The Balaban J connectivity index is 1.41. The standard InChI is InChI=1S/C30H35FN2O2/c1-4-6-7-17-34-28-13-10-23(19-21(28)3)27(5-2)32-16-14-26-20-24-15-18-35-30(24)29(33-26)22-8-11-25(31)12-9-22/h5,8-13,19-20,32H,4,6-7,14-18H2,1-3H3. The van der Waals surface area contributed by atoms with Gasteiger partial charge in [0.05, 0.1) is 13.2 Å². The molecule has 3 aromatic rings. The summed E-state index contributed by atoms with van der Waals surface area (Å²) in [5.74, 6) is 1.53. The number of nitrogens with zero attached hydrogens (tertiary/aromatic N) is 1. The molecule has 0 bridgehead atoms. The van der Waals surface area contributed by atoms with Crippen LogP contribution < -0.4 is 14.8 Å². The van der Waals surface area contributed by atoms with E-state index in [1.54, 1.807) is 12.1 Å². The lowest BCUT2D eigenvalue weighted by Gasteiger charge is -2.15. The van der Waals surface area contributed by atoms with E-state index >= 15 is 0 Å². The number of unbranched alkanes of at least 4 members (excludes halogenated alkanes) is 2. The van der Waals surface area contributed by atoms with Crippen LogP contribution in [0.25, 0.3) is 17.0 Å². The fourth-order valence-electron chi connectivity index (χ4n) is 4.40. The highest BCUT2D eigenvalue weighted by Crippen LogP contribution is 2.36. The highest BCUT2D eigenvalue weighted by molar-refractivity contribution is 5.69. The molecule has 0 unspecified atom stereocenters. The van der Waals surface area contributed by atoms with Gasteiger partial charge in [-0.05, 0) is 79.9 Å². The van der Waals surface area contributed by atoms with E-state index in [2.05, 4.69) is 49.5 Å². The largest absolute Gasteiger partial charge is 0.493 e. The number of ether oxygens (including phenoxy) is 2. The van der Waals surface area contributed by atoms with Crippen molar-refractivity contribution in [3.63, 3.8) is 0 Å². The SMILES string of the molecule is CC=C(NCCc1cc2c(c(-c3ccc(F)cc3)n1)OCC2)c1ccc(OCCCCC)c(C)c1. The molecule has 0 amide bonds. The van der Waals surface area contributed by atoms with Crippen LogP contribution in [0.5, 0.6) is 11.5 Å². The molecule has 1 N–H and O–H groups in total. The summed E-state index contributed by atoms with van der Waals surface area (Å²) in [7, 11) is 0. The van der Waals surface area contributed by atoms with Crippen molar-refractivity contribution >= 4 is 5.70 Å². The second kappa shape index (κ2) is 11.9. The second-order valence-electron chi connectivity index (χ2n) is 8.97. The van der Waals surface area contributed by atoms with Gasteiger partial charge in [-0.1, -0.05) is 25.8 Å². The molecule has 184 valence electrons. The van der Waals surface area contributed by atoms with Gasteiger partial charge in [0, 0.05) is 41.9 Å². The Morgan fingerprint density at radius 1 is 1.14 bits per heavy atom. The summed E-state index contributed by atoms with van der Waals surface area (Å²) in [5.41, 5.74) is 7.23. The number of halogens is 1. The first-order valence-electron chi connectivity index (χ1n) is 12.6. The number of hydrogen-bond donors (Lipinski definition) is 1. The van der Waals surface area contributed by atoms with E-state index in [0.717, 1.165) is 77.7 Å². The van der Waals surface area contributed by atoms with Crippen molar-refractivity contribution in [2.24, 2.45) is 0 Å². The molecule has 4 nitrogen and oxygen atoms in total. The average Bonchev–Trinajstić information content (AvgIpc) is 3.34. The molecule has 35 heavy (non-hydrogen) atoms. The van der Waals surface area contributed by atoms with Crippen molar-refractivity contribution in [2.75, 3.05) is 19.8 Å². The summed E-state index contributed by atoms with van der Waals surface area (Å²) < 4.78 is 25.2. The summed E-state index contributed by atoms with van der Waals surface area (Å²) in [6, 6.07) is 15.0. The fourth-order valence-corrected chi connectivity index (χ4v) is 4.40. The maximum absolute atomic E-state index is 13.4. The van der Waals surface area contributed by atoms with Crippen LogP contribution in [0, 0.1) is 12.7 Å². The van der Waals surface area contributed by atoms with E-state index in [-0.39, 0.29) is 5.82 Å². The minimum atomic E-state index is -0.253. The zero-order chi connectivity index (χ0) is 24.6.